The van der Waals surface area contributed by atoms with Crippen LogP contribution in [0.4, 0.5) is 17.6 Å². The van der Waals surface area contributed by atoms with Crippen molar-refractivity contribution in [2.45, 2.75) is 12.8 Å². The van der Waals surface area contributed by atoms with Gasteiger partial charge >= 0.3 is 6.01 Å². The highest BCUT2D eigenvalue weighted by Gasteiger charge is 2.17. The van der Waals surface area contributed by atoms with Crippen LogP contribution in [0.2, 0.25) is 0 Å². The minimum atomic E-state index is 0.334. The first kappa shape index (κ1) is 12.7. The number of hydrogen-bond donors (Lipinski definition) is 1. The van der Waals surface area contributed by atoms with Gasteiger partial charge in [0, 0.05) is 18.8 Å². The number of methoxy groups -OCH3 is 1. The summed E-state index contributed by atoms with van der Waals surface area (Å²) in [5.74, 6) is 1.18. The second-order valence-electron chi connectivity index (χ2n) is 4.63. The quantitative estimate of drug-likeness (QED) is 0.920. The molecule has 6 heteroatoms. The fourth-order valence-corrected chi connectivity index (χ4v) is 2.20. The highest BCUT2D eigenvalue weighted by atomic mass is 16.5. The molecule has 3 rings (SSSR count). The second kappa shape index (κ2) is 5.73. The fourth-order valence-electron chi connectivity index (χ4n) is 2.20. The van der Waals surface area contributed by atoms with Crippen molar-refractivity contribution in [1.82, 2.24) is 15.0 Å². The molecule has 20 heavy (non-hydrogen) atoms. The Hall–Kier alpha value is -2.37. The molecule has 2 heterocycles. The van der Waals surface area contributed by atoms with Crippen LogP contribution in [0.25, 0.3) is 0 Å². The number of nitrogens with one attached hydrogen (secondary N) is 1. The van der Waals surface area contributed by atoms with Gasteiger partial charge in [-0.2, -0.15) is 15.0 Å². The molecule has 0 atom stereocenters. The third-order valence-corrected chi connectivity index (χ3v) is 3.20. The van der Waals surface area contributed by atoms with Crippen LogP contribution in [0, 0.1) is 0 Å². The zero-order valence-corrected chi connectivity index (χ0v) is 11.4. The molecule has 104 valence electrons. The van der Waals surface area contributed by atoms with Gasteiger partial charge < -0.3 is 15.0 Å². The molecule has 6 nitrogen and oxygen atoms in total. The average molecular weight is 271 g/mol. The summed E-state index contributed by atoms with van der Waals surface area (Å²) < 4.78 is 5.16. The van der Waals surface area contributed by atoms with Crippen LogP contribution in [0.1, 0.15) is 12.8 Å². The number of benzene rings is 1. The minimum absolute atomic E-state index is 0.334. The maximum absolute atomic E-state index is 5.16. The van der Waals surface area contributed by atoms with Gasteiger partial charge in [-0.3, -0.25) is 0 Å². The molecule has 0 bridgehead atoms. The third kappa shape index (κ3) is 2.79. The molecule has 0 saturated carbocycles. The molecule has 1 aromatic heterocycles. The molecule has 0 unspecified atom stereocenters. The smallest absolute Gasteiger partial charge is 0.322 e. The van der Waals surface area contributed by atoms with Crippen LogP contribution < -0.4 is 15.0 Å². The number of nitrogens with zero attached hydrogens (tertiary/aromatic N) is 4. The van der Waals surface area contributed by atoms with E-state index in [1.165, 1.54) is 12.8 Å². The molecule has 1 saturated heterocycles. The Morgan fingerprint density at radius 2 is 1.80 bits per heavy atom. The molecule has 1 aliphatic heterocycles. The topological polar surface area (TPSA) is 63.2 Å². The van der Waals surface area contributed by atoms with Crippen molar-refractivity contribution in [2.24, 2.45) is 0 Å². The van der Waals surface area contributed by atoms with Crippen molar-refractivity contribution >= 4 is 17.6 Å². The van der Waals surface area contributed by atoms with E-state index in [-0.39, 0.29) is 0 Å². The van der Waals surface area contributed by atoms with Gasteiger partial charge in [-0.1, -0.05) is 18.2 Å². The summed E-state index contributed by atoms with van der Waals surface area (Å²) in [4.78, 5) is 15.2. The summed E-state index contributed by atoms with van der Waals surface area (Å²) >= 11 is 0. The molecule has 0 amide bonds. The Labute approximate surface area is 117 Å². The number of rotatable bonds is 4. The van der Waals surface area contributed by atoms with Gasteiger partial charge in [0.25, 0.3) is 0 Å². The van der Waals surface area contributed by atoms with E-state index in [9.17, 15) is 0 Å². The molecule has 1 aromatic carbocycles. The van der Waals surface area contributed by atoms with Crippen LogP contribution in [0.3, 0.4) is 0 Å². The van der Waals surface area contributed by atoms with Crippen molar-refractivity contribution < 1.29 is 4.74 Å². The number of anilines is 3. The van der Waals surface area contributed by atoms with Crippen LogP contribution in [0.5, 0.6) is 6.01 Å². The summed E-state index contributed by atoms with van der Waals surface area (Å²) in [5, 5.41) is 3.17. The summed E-state index contributed by atoms with van der Waals surface area (Å²) in [5.41, 5.74) is 0.938. The zero-order chi connectivity index (χ0) is 13.8. The lowest BCUT2D eigenvalue weighted by atomic mass is 10.3. The third-order valence-electron chi connectivity index (χ3n) is 3.20. The maximum atomic E-state index is 5.16. The van der Waals surface area contributed by atoms with Crippen molar-refractivity contribution in [2.75, 3.05) is 30.4 Å². The lowest BCUT2D eigenvalue weighted by Gasteiger charge is -2.16. The first-order chi connectivity index (χ1) is 9.85. The average Bonchev–Trinajstić information content (AvgIpc) is 3.02. The Kier molecular flexibility index (Phi) is 3.62. The van der Waals surface area contributed by atoms with Gasteiger partial charge in [0.15, 0.2) is 0 Å². The molecule has 0 spiro atoms. The molecule has 1 fully saturated rings. The van der Waals surface area contributed by atoms with E-state index in [0.717, 1.165) is 18.8 Å². The van der Waals surface area contributed by atoms with Crippen LogP contribution in [0.15, 0.2) is 30.3 Å². The van der Waals surface area contributed by atoms with Crippen molar-refractivity contribution in [3.63, 3.8) is 0 Å². The summed E-state index contributed by atoms with van der Waals surface area (Å²) in [6, 6.07) is 10.1. The number of ether oxygens (including phenoxy) is 1. The van der Waals surface area contributed by atoms with Gasteiger partial charge in [-0.05, 0) is 25.0 Å². The van der Waals surface area contributed by atoms with Crippen LogP contribution in [-0.4, -0.2) is 35.2 Å². The Balaban J connectivity index is 1.87. The molecule has 0 radical (unpaired) electrons. The van der Waals surface area contributed by atoms with E-state index in [4.69, 9.17) is 4.74 Å². The monoisotopic (exact) mass is 271 g/mol. The van der Waals surface area contributed by atoms with Crippen molar-refractivity contribution in [3.05, 3.63) is 30.3 Å². The predicted molar refractivity (Wildman–Crippen MR) is 77.6 cm³/mol. The van der Waals surface area contributed by atoms with E-state index in [2.05, 4.69) is 25.2 Å². The Bertz CT molecular complexity index is 569. The minimum Gasteiger partial charge on any atom is -0.467 e. The first-order valence-electron chi connectivity index (χ1n) is 6.72. The van der Waals surface area contributed by atoms with E-state index in [0.29, 0.717) is 17.9 Å². The molecule has 0 aliphatic carbocycles. The molecular weight excluding hydrogens is 254 g/mol. The summed E-state index contributed by atoms with van der Waals surface area (Å²) in [6.45, 7) is 1.97. The number of hydrogen-bond acceptors (Lipinski definition) is 6. The van der Waals surface area contributed by atoms with Gasteiger partial charge in [0.05, 0.1) is 7.11 Å². The van der Waals surface area contributed by atoms with E-state index >= 15 is 0 Å². The lowest BCUT2D eigenvalue weighted by molar-refractivity contribution is 0.379. The van der Waals surface area contributed by atoms with Crippen LogP contribution in [-0.2, 0) is 0 Å². The highest BCUT2D eigenvalue weighted by Crippen LogP contribution is 2.21. The van der Waals surface area contributed by atoms with Crippen LogP contribution >= 0.6 is 0 Å². The Morgan fingerprint density at radius 3 is 2.50 bits per heavy atom. The normalized spacial score (nSPS) is 14.3. The molecular formula is C14H17N5O. The van der Waals surface area contributed by atoms with E-state index < -0.39 is 0 Å². The molecule has 1 N–H and O–H groups in total. The number of para-hydroxylation sites is 1. The summed E-state index contributed by atoms with van der Waals surface area (Å²) in [7, 11) is 1.56. The second-order valence-corrected chi connectivity index (χ2v) is 4.63. The van der Waals surface area contributed by atoms with E-state index in [1.54, 1.807) is 7.11 Å². The van der Waals surface area contributed by atoms with Gasteiger partial charge in [0.2, 0.25) is 11.9 Å². The molecule has 2 aromatic rings. The van der Waals surface area contributed by atoms with Crippen molar-refractivity contribution in [1.29, 1.82) is 0 Å². The van der Waals surface area contributed by atoms with Gasteiger partial charge in [-0.25, -0.2) is 0 Å². The fraction of sp³-hybridized carbons (Fsp3) is 0.357. The highest BCUT2D eigenvalue weighted by molar-refractivity contribution is 5.54. The summed E-state index contributed by atoms with van der Waals surface area (Å²) in [6.07, 6.45) is 2.35. The largest absolute Gasteiger partial charge is 0.467 e. The van der Waals surface area contributed by atoms with Crippen molar-refractivity contribution in [3.8, 4) is 6.01 Å². The SMILES string of the molecule is COc1nc(Nc2ccccc2)nc(N2CCCC2)n1. The van der Waals surface area contributed by atoms with Gasteiger partial charge in [-0.15, -0.1) is 0 Å². The van der Waals surface area contributed by atoms with E-state index in [1.807, 2.05) is 30.3 Å². The maximum Gasteiger partial charge on any atom is 0.322 e. The zero-order valence-electron chi connectivity index (χ0n) is 11.4. The standard InChI is InChI=1S/C14H17N5O/c1-20-14-17-12(15-11-7-3-2-4-8-11)16-13(18-14)19-9-5-6-10-19/h2-4,7-8H,5-6,9-10H2,1H3,(H,15,16,17,18). The number of aromatic nitrogens is 3. The lowest BCUT2D eigenvalue weighted by Crippen LogP contribution is -2.21. The van der Waals surface area contributed by atoms with Gasteiger partial charge in [0.1, 0.15) is 0 Å². The Morgan fingerprint density at radius 1 is 1.05 bits per heavy atom. The predicted octanol–water partition coefficient (Wildman–Crippen LogP) is 2.22. The molecule has 1 aliphatic rings. The first-order valence-corrected chi connectivity index (χ1v) is 6.72.